The Labute approximate surface area is 169 Å². The monoisotopic (exact) mass is 409 g/mol. The largest absolute Gasteiger partial charge is 0.300 e. The molecule has 158 valence electrons. The Balaban J connectivity index is 1.46. The first-order valence-electron chi connectivity index (χ1n) is 10.7. The number of nitriles is 1. The molecule has 1 aromatic rings. The molecule has 0 amide bonds. The van der Waals surface area contributed by atoms with Gasteiger partial charge in [-0.05, 0) is 43.4 Å². The van der Waals surface area contributed by atoms with E-state index in [1.807, 2.05) is 0 Å². The number of hydrogen-bond donors (Lipinski definition) is 0. The number of ketones is 1. The average molecular weight is 409 g/mol. The number of carbonyl (C=O) groups is 1. The van der Waals surface area contributed by atoms with Crippen molar-refractivity contribution in [3.05, 3.63) is 34.4 Å². The highest BCUT2D eigenvalue weighted by atomic mass is 19.2. The van der Waals surface area contributed by atoms with Gasteiger partial charge in [0, 0.05) is 18.4 Å². The van der Waals surface area contributed by atoms with Crippen LogP contribution in [0.15, 0.2) is 0 Å². The van der Waals surface area contributed by atoms with Gasteiger partial charge in [0.2, 0.25) is 0 Å². The quantitative estimate of drug-likeness (QED) is 0.403. The van der Waals surface area contributed by atoms with Gasteiger partial charge in [-0.1, -0.05) is 38.5 Å². The van der Waals surface area contributed by atoms with Gasteiger partial charge in [0.05, 0.1) is 0 Å². The van der Waals surface area contributed by atoms with E-state index in [0.717, 1.165) is 51.4 Å². The van der Waals surface area contributed by atoms with Crippen LogP contribution in [0, 0.1) is 52.4 Å². The topological polar surface area (TPSA) is 40.9 Å². The van der Waals surface area contributed by atoms with Crippen molar-refractivity contribution in [2.45, 2.75) is 77.0 Å². The van der Waals surface area contributed by atoms with E-state index in [-0.39, 0.29) is 6.42 Å². The maximum absolute atomic E-state index is 14.1. The molecule has 2 aliphatic carbocycles. The molecule has 29 heavy (non-hydrogen) atoms. The molecule has 3 rings (SSSR count). The van der Waals surface area contributed by atoms with Gasteiger partial charge >= 0.3 is 0 Å². The molecule has 0 unspecified atom stereocenters. The van der Waals surface area contributed by atoms with Crippen molar-refractivity contribution < 1.29 is 22.4 Å². The molecule has 6 heteroatoms. The highest BCUT2D eigenvalue weighted by molar-refractivity contribution is 5.78. The summed E-state index contributed by atoms with van der Waals surface area (Å²) in [6, 6.07) is 1.17. The Kier molecular flexibility index (Phi) is 7.32. The number of benzene rings is 1. The Bertz CT molecular complexity index is 754. The summed E-state index contributed by atoms with van der Waals surface area (Å²) in [6.45, 7) is 0. The molecule has 0 aliphatic heterocycles. The van der Waals surface area contributed by atoms with E-state index in [1.165, 1.54) is 18.9 Å². The predicted octanol–water partition coefficient (Wildman–Crippen LogP) is 6.39. The standard InChI is InChI=1S/C23H27F4NO/c24-20-18(21(25)23(27)19(13-28)22(20)26)12-9-15-4-1-14(2-5-15)3-6-16-7-10-17(29)11-8-16/h14-16H,1-12H2. The highest BCUT2D eigenvalue weighted by Gasteiger charge is 2.27. The lowest BCUT2D eigenvalue weighted by atomic mass is 9.76. The van der Waals surface area contributed by atoms with Gasteiger partial charge in [-0.15, -0.1) is 0 Å². The van der Waals surface area contributed by atoms with Crippen LogP contribution in [-0.2, 0) is 11.2 Å². The van der Waals surface area contributed by atoms with E-state index >= 15 is 0 Å². The minimum atomic E-state index is -1.60. The van der Waals surface area contributed by atoms with Crippen LogP contribution in [-0.4, -0.2) is 5.78 Å². The minimum absolute atomic E-state index is 0.0668. The molecule has 1 aromatic carbocycles. The van der Waals surface area contributed by atoms with Gasteiger partial charge in [0.25, 0.3) is 0 Å². The zero-order valence-electron chi connectivity index (χ0n) is 16.6. The summed E-state index contributed by atoms with van der Waals surface area (Å²) < 4.78 is 55.6. The first-order chi connectivity index (χ1) is 13.9. The molecule has 2 nitrogen and oxygen atoms in total. The normalized spacial score (nSPS) is 23.2. The van der Waals surface area contributed by atoms with E-state index in [0.29, 0.717) is 30.0 Å². The highest BCUT2D eigenvalue weighted by Crippen LogP contribution is 2.37. The second kappa shape index (κ2) is 9.73. The van der Waals surface area contributed by atoms with Gasteiger partial charge in [-0.3, -0.25) is 4.79 Å². The molecule has 2 fully saturated rings. The molecular weight excluding hydrogens is 382 g/mol. The van der Waals surface area contributed by atoms with Crippen LogP contribution in [0.4, 0.5) is 17.6 Å². The second-order valence-corrected chi connectivity index (χ2v) is 8.71. The molecule has 0 heterocycles. The number of carbonyl (C=O) groups excluding carboxylic acids is 1. The fourth-order valence-electron chi connectivity index (χ4n) is 4.91. The van der Waals surface area contributed by atoms with Crippen LogP contribution in [0.3, 0.4) is 0 Å². The third-order valence-electron chi connectivity index (χ3n) is 6.88. The zero-order valence-corrected chi connectivity index (χ0v) is 16.6. The maximum Gasteiger partial charge on any atom is 0.180 e. The van der Waals surface area contributed by atoms with Gasteiger partial charge in [0.15, 0.2) is 23.3 Å². The van der Waals surface area contributed by atoms with E-state index in [4.69, 9.17) is 5.26 Å². The average Bonchev–Trinajstić information content (AvgIpc) is 2.73. The molecule has 0 atom stereocenters. The summed E-state index contributed by atoms with van der Waals surface area (Å²) in [6.07, 6.45) is 10.3. The Hall–Kier alpha value is -1.90. The number of nitrogens with zero attached hydrogens (tertiary/aromatic N) is 1. The van der Waals surface area contributed by atoms with E-state index in [2.05, 4.69) is 0 Å². The van der Waals surface area contributed by atoms with Crippen LogP contribution in [0.2, 0.25) is 0 Å². The molecule has 2 saturated carbocycles. The summed E-state index contributed by atoms with van der Waals surface area (Å²) in [4.78, 5) is 11.3. The molecule has 0 aromatic heterocycles. The Morgan fingerprint density at radius 3 is 1.66 bits per heavy atom. The van der Waals surface area contributed by atoms with E-state index in [1.54, 1.807) is 0 Å². The predicted molar refractivity (Wildman–Crippen MR) is 101 cm³/mol. The summed E-state index contributed by atoms with van der Waals surface area (Å²) >= 11 is 0. The van der Waals surface area contributed by atoms with E-state index < -0.39 is 34.4 Å². The number of rotatable bonds is 6. The fourth-order valence-corrected chi connectivity index (χ4v) is 4.91. The van der Waals surface area contributed by atoms with Crippen LogP contribution in [0.1, 0.15) is 81.8 Å². The molecule has 0 spiro atoms. The zero-order chi connectivity index (χ0) is 21.0. The molecular formula is C23H27F4NO. The van der Waals surface area contributed by atoms with Gasteiger partial charge in [-0.25, -0.2) is 17.6 Å². The van der Waals surface area contributed by atoms with Crippen molar-refractivity contribution in [1.29, 1.82) is 5.26 Å². The lowest BCUT2D eigenvalue weighted by molar-refractivity contribution is -0.121. The maximum atomic E-state index is 14.1. The van der Waals surface area contributed by atoms with Crippen LogP contribution >= 0.6 is 0 Å². The van der Waals surface area contributed by atoms with Crippen molar-refractivity contribution >= 4 is 5.78 Å². The second-order valence-electron chi connectivity index (χ2n) is 8.71. The third kappa shape index (κ3) is 5.18. The minimum Gasteiger partial charge on any atom is -0.300 e. The first kappa shape index (κ1) is 21.8. The summed E-state index contributed by atoms with van der Waals surface area (Å²) in [5, 5.41) is 8.66. The summed E-state index contributed by atoms with van der Waals surface area (Å²) in [5.74, 6) is -4.10. The molecule has 0 N–H and O–H groups in total. The summed E-state index contributed by atoms with van der Waals surface area (Å²) in [7, 11) is 0. The van der Waals surface area contributed by atoms with Crippen LogP contribution < -0.4 is 0 Å². The Morgan fingerprint density at radius 2 is 1.17 bits per heavy atom. The van der Waals surface area contributed by atoms with Crippen LogP contribution in [0.5, 0.6) is 0 Å². The number of Topliss-reactive ketones (excluding diaryl/α,β-unsaturated/α-hetero) is 1. The first-order valence-corrected chi connectivity index (χ1v) is 10.7. The fraction of sp³-hybridized carbons (Fsp3) is 0.652. The molecule has 0 saturated heterocycles. The number of hydrogen-bond acceptors (Lipinski definition) is 2. The third-order valence-corrected chi connectivity index (χ3v) is 6.88. The summed E-state index contributed by atoms with van der Waals surface area (Å²) in [5.41, 5.74) is -1.79. The molecule has 0 radical (unpaired) electrons. The lowest BCUT2D eigenvalue weighted by Crippen LogP contribution is -2.18. The number of halogens is 4. The van der Waals surface area contributed by atoms with Gasteiger partial charge in [0.1, 0.15) is 17.4 Å². The smallest absolute Gasteiger partial charge is 0.180 e. The lowest BCUT2D eigenvalue weighted by Gasteiger charge is -2.30. The van der Waals surface area contributed by atoms with Crippen molar-refractivity contribution in [2.75, 3.05) is 0 Å². The van der Waals surface area contributed by atoms with Gasteiger partial charge < -0.3 is 0 Å². The van der Waals surface area contributed by atoms with E-state index in [9.17, 15) is 22.4 Å². The van der Waals surface area contributed by atoms with Crippen molar-refractivity contribution in [3.63, 3.8) is 0 Å². The van der Waals surface area contributed by atoms with Crippen molar-refractivity contribution in [2.24, 2.45) is 17.8 Å². The van der Waals surface area contributed by atoms with Crippen molar-refractivity contribution in [3.8, 4) is 6.07 Å². The molecule has 0 bridgehead atoms. The van der Waals surface area contributed by atoms with Crippen molar-refractivity contribution in [1.82, 2.24) is 0 Å². The van der Waals surface area contributed by atoms with Gasteiger partial charge in [-0.2, -0.15) is 5.26 Å². The molecule has 2 aliphatic rings. The van der Waals surface area contributed by atoms with Crippen LogP contribution in [0.25, 0.3) is 0 Å². The Morgan fingerprint density at radius 1 is 0.724 bits per heavy atom. The SMILES string of the molecule is N#Cc1c(F)c(F)c(CCC2CCC(CCC3CCC(=O)CC3)CC2)c(F)c1F.